The number of carbonyl (C=O) groups excluding carboxylic acids is 1. The van der Waals surface area contributed by atoms with Gasteiger partial charge in [-0.15, -0.1) is 21.5 Å². The third-order valence-corrected chi connectivity index (χ3v) is 6.37. The van der Waals surface area contributed by atoms with Crippen molar-refractivity contribution in [3.8, 4) is 5.75 Å². The van der Waals surface area contributed by atoms with Crippen LogP contribution in [0.4, 0.5) is 0 Å². The summed E-state index contributed by atoms with van der Waals surface area (Å²) >= 11 is 3.10. The molecule has 0 N–H and O–H groups in total. The monoisotopic (exact) mass is 444 g/mol. The van der Waals surface area contributed by atoms with Gasteiger partial charge >= 0.3 is 0 Å². The maximum Gasteiger partial charge on any atom is 0.233 e. The lowest BCUT2D eigenvalue weighted by Crippen LogP contribution is -2.27. The summed E-state index contributed by atoms with van der Waals surface area (Å²) < 4.78 is 7.95. The molecule has 0 aliphatic carbocycles. The van der Waals surface area contributed by atoms with Gasteiger partial charge in [-0.3, -0.25) is 4.79 Å². The van der Waals surface area contributed by atoms with Crippen molar-refractivity contribution in [1.82, 2.24) is 19.7 Å². The molecular weight excluding hydrogens is 416 g/mol. The highest BCUT2D eigenvalue weighted by Crippen LogP contribution is 2.21. The third kappa shape index (κ3) is 6.60. The van der Waals surface area contributed by atoms with Crippen molar-refractivity contribution >= 4 is 29.0 Å². The second kappa shape index (κ2) is 11.2. The fourth-order valence-electron chi connectivity index (χ4n) is 2.77. The largest absolute Gasteiger partial charge is 0.486 e. The first-order chi connectivity index (χ1) is 14.5. The Balaban J connectivity index is 1.62. The molecule has 0 aliphatic heterocycles. The molecule has 2 heterocycles. The van der Waals surface area contributed by atoms with Crippen LogP contribution < -0.4 is 4.74 Å². The summed E-state index contributed by atoms with van der Waals surface area (Å²) in [6, 6.07) is 13.7. The summed E-state index contributed by atoms with van der Waals surface area (Å²) in [5, 5.41) is 11.5. The maximum absolute atomic E-state index is 12.6. The Morgan fingerprint density at radius 3 is 2.70 bits per heavy atom. The Kier molecular flexibility index (Phi) is 8.33. The van der Waals surface area contributed by atoms with Gasteiger partial charge in [-0.2, -0.15) is 0 Å². The van der Waals surface area contributed by atoms with Gasteiger partial charge in [-0.05, 0) is 35.9 Å². The fraction of sp³-hybridized carbons (Fsp3) is 0.409. The Morgan fingerprint density at radius 2 is 2.00 bits per heavy atom. The predicted molar refractivity (Wildman–Crippen MR) is 122 cm³/mol. The van der Waals surface area contributed by atoms with Crippen LogP contribution in [0.25, 0.3) is 0 Å². The summed E-state index contributed by atoms with van der Waals surface area (Å²) in [4.78, 5) is 15.5. The number of thioether (sulfide) groups is 1. The number of amides is 1. The van der Waals surface area contributed by atoms with E-state index in [1.807, 2.05) is 54.9 Å². The van der Waals surface area contributed by atoms with Crippen LogP contribution in [0.15, 0.2) is 53.0 Å². The van der Waals surface area contributed by atoms with Gasteiger partial charge in [-0.25, -0.2) is 0 Å². The molecule has 0 saturated heterocycles. The Hall–Kier alpha value is -2.32. The van der Waals surface area contributed by atoms with Crippen LogP contribution in [0.1, 0.15) is 31.0 Å². The van der Waals surface area contributed by atoms with Crippen LogP contribution in [0.3, 0.4) is 0 Å². The van der Waals surface area contributed by atoms with Crippen molar-refractivity contribution < 1.29 is 9.53 Å². The summed E-state index contributed by atoms with van der Waals surface area (Å²) in [7, 11) is 1.84. The first-order valence-electron chi connectivity index (χ1n) is 10.0. The highest BCUT2D eigenvalue weighted by Gasteiger charge is 2.17. The minimum Gasteiger partial charge on any atom is -0.486 e. The number of carbonyl (C=O) groups is 1. The summed E-state index contributed by atoms with van der Waals surface area (Å²) in [6.45, 7) is 6.18. The standard InChI is InChI=1S/C22H28N4O2S2/c1-17(2)11-12-26-20(15-28-18-8-5-4-6-9-18)23-24-22(26)30-16-21(27)25(3)14-19-10-7-13-29-19/h4-10,13,17H,11-12,14-16H2,1-3H3. The van der Waals surface area contributed by atoms with Crippen LogP contribution in [-0.4, -0.2) is 38.4 Å². The number of thiophene rings is 1. The summed E-state index contributed by atoms with van der Waals surface area (Å²) in [5.41, 5.74) is 0. The van der Waals surface area contributed by atoms with Gasteiger partial charge in [0.05, 0.1) is 12.3 Å². The molecule has 0 atom stereocenters. The van der Waals surface area contributed by atoms with E-state index in [1.165, 1.54) is 16.6 Å². The molecule has 0 spiro atoms. The van der Waals surface area contributed by atoms with Crippen molar-refractivity contribution in [3.63, 3.8) is 0 Å². The third-order valence-electron chi connectivity index (χ3n) is 4.56. The fourth-order valence-corrected chi connectivity index (χ4v) is 4.45. The SMILES string of the molecule is CC(C)CCn1c(COc2ccccc2)nnc1SCC(=O)N(C)Cc1cccs1. The number of aromatic nitrogens is 3. The molecule has 3 aromatic rings. The number of nitrogens with zero attached hydrogens (tertiary/aromatic N) is 4. The van der Waals surface area contributed by atoms with E-state index < -0.39 is 0 Å². The normalized spacial score (nSPS) is 11.1. The predicted octanol–water partition coefficient (Wildman–Crippen LogP) is 4.72. The highest BCUT2D eigenvalue weighted by atomic mass is 32.2. The molecule has 0 unspecified atom stereocenters. The maximum atomic E-state index is 12.6. The molecule has 0 radical (unpaired) electrons. The Morgan fingerprint density at radius 1 is 1.20 bits per heavy atom. The molecule has 1 amide bonds. The summed E-state index contributed by atoms with van der Waals surface area (Å²) in [6.07, 6.45) is 1.01. The molecule has 0 aliphatic rings. The van der Waals surface area contributed by atoms with E-state index >= 15 is 0 Å². The Labute approximate surface area is 186 Å². The van der Waals surface area contributed by atoms with Gasteiger partial charge < -0.3 is 14.2 Å². The number of rotatable bonds is 11. The summed E-state index contributed by atoms with van der Waals surface area (Å²) in [5.74, 6) is 2.55. The van der Waals surface area contributed by atoms with E-state index in [1.54, 1.807) is 16.2 Å². The quantitative estimate of drug-likeness (QED) is 0.401. The average Bonchev–Trinajstić information content (AvgIpc) is 3.39. The number of hydrogen-bond donors (Lipinski definition) is 0. The smallest absolute Gasteiger partial charge is 0.233 e. The first-order valence-corrected chi connectivity index (χ1v) is 11.9. The zero-order valence-electron chi connectivity index (χ0n) is 17.7. The minimum absolute atomic E-state index is 0.0777. The van der Waals surface area contributed by atoms with E-state index in [0.29, 0.717) is 24.8 Å². The van der Waals surface area contributed by atoms with Crippen LogP contribution in [0, 0.1) is 5.92 Å². The van der Waals surface area contributed by atoms with Gasteiger partial charge in [0.15, 0.2) is 11.0 Å². The molecule has 160 valence electrons. The van der Waals surface area contributed by atoms with Crippen molar-refractivity contribution in [2.24, 2.45) is 5.92 Å². The lowest BCUT2D eigenvalue weighted by atomic mass is 10.1. The molecular formula is C22H28N4O2S2. The topological polar surface area (TPSA) is 60.2 Å². The molecule has 30 heavy (non-hydrogen) atoms. The zero-order chi connectivity index (χ0) is 21.3. The van der Waals surface area contributed by atoms with E-state index in [2.05, 4.69) is 28.6 Å². The van der Waals surface area contributed by atoms with Gasteiger partial charge in [-0.1, -0.05) is 49.9 Å². The van der Waals surface area contributed by atoms with E-state index in [0.717, 1.165) is 29.7 Å². The molecule has 0 fully saturated rings. The van der Waals surface area contributed by atoms with Crippen LogP contribution in [-0.2, 0) is 24.5 Å². The lowest BCUT2D eigenvalue weighted by Gasteiger charge is -2.16. The minimum atomic E-state index is 0.0777. The highest BCUT2D eigenvalue weighted by molar-refractivity contribution is 7.99. The second-order valence-corrected chi connectivity index (χ2v) is 9.43. The number of hydrogen-bond acceptors (Lipinski definition) is 6. The molecule has 8 heteroatoms. The number of benzene rings is 1. The van der Waals surface area contributed by atoms with E-state index in [4.69, 9.17) is 4.74 Å². The molecule has 6 nitrogen and oxygen atoms in total. The lowest BCUT2D eigenvalue weighted by molar-refractivity contribution is -0.127. The zero-order valence-corrected chi connectivity index (χ0v) is 19.3. The van der Waals surface area contributed by atoms with Gasteiger partial charge in [0, 0.05) is 18.5 Å². The van der Waals surface area contributed by atoms with Crippen LogP contribution >= 0.6 is 23.1 Å². The number of ether oxygens (including phenoxy) is 1. The van der Waals surface area contributed by atoms with Crippen LogP contribution in [0.5, 0.6) is 5.75 Å². The van der Waals surface area contributed by atoms with E-state index in [-0.39, 0.29) is 5.91 Å². The molecule has 1 aromatic carbocycles. The van der Waals surface area contributed by atoms with Gasteiger partial charge in [0.1, 0.15) is 12.4 Å². The number of para-hydroxylation sites is 1. The molecule has 0 saturated carbocycles. The van der Waals surface area contributed by atoms with Crippen molar-refractivity contribution in [1.29, 1.82) is 0 Å². The average molecular weight is 445 g/mol. The van der Waals surface area contributed by atoms with Crippen molar-refractivity contribution in [3.05, 3.63) is 58.5 Å². The van der Waals surface area contributed by atoms with Crippen molar-refractivity contribution in [2.45, 2.75) is 45.1 Å². The first kappa shape index (κ1) is 22.4. The second-order valence-electron chi connectivity index (χ2n) is 7.45. The van der Waals surface area contributed by atoms with E-state index in [9.17, 15) is 4.79 Å². The molecule has 0 bridgehead atoms. The van der Waals surface area contributed by atoms with Gasteiger partial charge in [0.25, 0.3) is 0 Å². The Bertz CT molecular complexity index is 911. The molecule has 3 rings (SSSR count). The van der Waals surface area contributed by atoms with Gasteiger partial charge in [0.2, 0.25) is 5.91 Å². The van der Waals surface area contributed by atoms with Crippen LogP contribution in [0.2, 0.25) is 0 Å². The molecule has 2 aromatic heterocycles. The van der Waals surface area contributed by atoms with Crippen molar-refractivity contribution in [2.75, 3.05) is 12.8 Å².